The summed E-state index contributed by atoms with van der Waals surface area (Å²) in [4.78, 5) is 27.9. The fourth-order valence-corrected chi connectivity index (χ4v) is 5.09. The van der Waals surface area contributed by atoms with Gasteiger partial charge in [0.25, 0.3) is 0 Å². The van der Waals surface area contributed by atoms with Crippen molar-refractivity contribution < 1.29 is 41.8 Å². The van der Waals surface area contributed by atoms with Crippen molar-refractivity contribution in [3.8, 4) is 5.75 Å². The molecule has 1 saturated heterocycles. The molecule has 6 N–H and O–H groups in total. The van der Waals surface area contributed by atoms with Gasteiger partial charge >= 0.3 is 19.4 Å². The molecule has 0 radical (unpaired) electrons. The molecule has 0 spiro atoms. The van der Waals surface area contributed by atoms with Gasteiger partial charge in [-0.2, -0.15) is 10.1 Å². The van der Waals surface area contributed by atoms with Gasteiger partial charge in [-0.25, -0.2) is 18.1 Å². The Kier molecular flexibility index (Phi) is 9.23. The number of hydrogen-bond acceptors (Lipinski definition) is 11. The smallest absolute Gasteiger partial charge is 0.459 e. The summed E-state index contributed by atoms with van der Waals surface area (Å²) in [5, 5.41) is 13.2. The highest BCUT2D eigenvalue weighted by Crippen LogP contribution is 2.46. The van der Waals surface area contributed by atoms with Crippen LogP contribution >= 0.6 is 7.75 Å². The number of ether oxygens (including phenoxy) is 2. The third-order valence-corrected chi connectivity index (χ3v) is 7.16. The molecule has 0 amide bonds. The minimum Gasteiger partial charge on any atom is -0.462 e. The number of alkyl halides is 1. The zero-order valence-electron chi connectivity index (χ0n) is 20.8. The van der Waals surface area contributed by atoms with Crippen molar-refractivity contribution in [1.29, 1.82) is 0 Å². The van der Waals surface area contributed by atoms with Crippen molar-refractivity contribution in [3.63, 3.8) is 0 Å². The van der Waals surface area contributed by atoms with E-state index in [4.69, 9.17) is 30.0 Å². The predicted octanol–water partition coefficient (Wildman–Crippen LogP) is 1.02. The number of anilines is 1. The molecule has 0 bridgehead atoms. The zero-order valence-corrected chi connectivity index (χ0v) is 21.7. The normalized spacial score (nSPS) is 25.6. The van der Waals surface area contributed by atoms with Crippen LogP contribution in [0.1, 0.15) is 27.0 Å². The minimum atomic E-state index is -4.37. The number of aliphatic hydroxyl groups is 1. The van der Waals surface area contributed by atoms with Crippen LogP contribution in [0.3, 0.4) is 0 Å². The number of esters is 1. The molecule has 210 valence electrons. The van der Waals surface area contributed by atoms with Crippen LogP contribution in [0.2, 0.25) is 0 Å². The first-order chi connectivity index (χ1) is 17.8. The number of carbonyl (C=O) groups is 1. The van der Waals surface area contributed by atoms with Gasteiger partial charge in [-0.05, 0) is 32.9 Å². The third-order valence-electron chi connectivity index (χ3n) is 5.52. The van der Waals surface area contributed by atoms with Gasteiger partial charge in [0.15, 0.2) is 17.9 Å². The average Bonchev–Trinajstić information content (AvgIpc) is 3.10. The van der Waals surface area contributed by atoms with Crippen LogP contribution in [0, 0.1) is 5.82 Å². The Labute approximate surface area is 216 Å². The van der Waals surface area contributed by atoms with E-state index < -0.39 is 80.4 Å². The quantitative estimate of drug-likeness (QED) is 0.225. The Morgan fingerprint density at radius 2 is 2.00 bits per heavy atom. The van der Waals surface area contributed by atoms with Gasteiger partial charge in [-0.1, -0.05) is 18.2 Å². The van der Waals surface area contributed by atoms with E-state index in [1.54, 1.807) is 32.0 Å². The van der Waals surface area contributed by atoms with Gasteiger partial charge < -0.3 is 30.6 Å². The van der Waals surface area contributed by atoms with E-state index in [0.717, 1.165) is 0 Å². The SMILES string of the molecule is CC(C)OC(=O)[C@H](C)N[P@](=O)(OC[C@H]1O[C@@H](n2cc(F)c(N)nc2=O)[C@@](N)(CF)C1O)Oc1ccccc1. The molecule has 6 atom stereocenters. The van der Waals surface area contributed by atoms with E-state index >= 15 is 0 Å². The lowest BCUT2D eigenvalue weighted by Gasteiger charge is -2.30. The number of benzene rings is 1. The first kappa shape index (κ1) is 29.6. The van der Waals surface area contributed by atoms with E-state index in [9.17, 15) is 28.0 Å². The molecule has 2 heterocycles. The number of nitrogen functional groups attached to an aromatic ring is 1. The summed E-state index contributed by atoms with van der Waals surface area (Å²) in [7, 11) is -4.37. The number of nitrogens with two attached hydrogens (primary N) is 2. The number of nitrogens with zero attached hydrogens (tertiary/aromatic N) is 2. The zero-order chi connectivity index (χ0) is 28.3. The number of hydrogen-bond donors (Lipinski definition) is 4. The summed E-state index contributed by atoms with van der Waals surface area (Å²) >= 11 is 0. The number of carbonyl (C=O) groups excluding carboxylic acids is 1. The maximum absolute atomic E-state index is 14.1. The number of halogens is 2. The Morgan fingerprint density at radius 3 is 2.61 bits per heavy atom. The van der Waals surface area contributed by atoms with E-state index in [1.807, 2.05) is 0 Å². The van der Waals surface area contributed by atoms with Crippen LogP contribution in [0.25, 0.3) is 0 Å². The summed E-state index contributed by atoms with van der Waals surface area (Å²) in [5.74, 6) is -2.42. The number of aromatic nitrogens is 2. The second-order valence-corrected chi connectivity index (χ2v) is 10.6. The standard InChI is InChI=1S/C22H30F2N5O8P/c1-12(2)35-19(31)13(3)28-38(33,37-14-7-5-4-6-8-14)34-10-16-17(30)22(26,11-23)20(36-16)29-9-15(24)18(25)27-21(29)32/h4-9,12-13,16-17,20,30H,10-11,26H2,1-3H3,(H,28,33)(H2,25,27,32)/t13-,16+,17?,20+,22+,38-/m0/s1. The highest BCUT2D eigenvalue weighted by atomic mass is 31.2. The van der Waals surface area contributed by atoms with Crippen molar-refractivity contribution in [2.24, 2.45) is 5.73 Å². The molecule has 1 aromatic carbocycles. The Bertz CT molecular complexity index is 1240. The lowest BCUT2D eigenvalue weighted by Crippen LogP contribution is -2.57. The number of rotatable bonds is 11. The van der Waals surface area contributed by atoms with Gasteiger partial charge in [-0.3, -0.25) is 13.9 Å². The van der Waals surface area contributed by atoms with Crippen LogP contribution in [-0.2, 0) is 23.4 Å². The lowest BCUT2D eigenvalue weighted by atomic mass is 9.92. The first-order valence-corrected chi connectivity index (χ1v) is 13.0. The minimum absolute atomic E-state index is 0.116. The van der Waals surface area contributed by atoms with Gasteiger partial charge in [-0.15, -0.1) is 0 Å². The van der Waals surface area contributed by atoms with Crippen molar-refractivity contribution in [3.05, 3.63) is 52.8 Å². The summed E-state index contributed by atoms with van der Waals surface area (Å²) in [6, 6.07) is 6.70. The molecule has 13 nitrogen and oxygen atoms in total. The molecule has 2 aromatic rings. The van der Waals surface area contributed by atoms with Crippen LogP contribution < -0.4 is 26.8 Å². The van der Waals surface area contributed by atoms with Gasteiger partial charge in [0.2, 0.25) is 0 Å². The van der Waals surface area contributed by atoms with Gasteiger partial charge in [0.05, 0.1) is 18.9 Å². The molecule has 3 rings (SSSR count). The molecule has 0 saturated carbocycles. The molecule has 1 aromatic heterocycles. The topological polar surface area (TPSA) is 190 Å². The van der Waals surface area contributed by atoms with Crippen LogP contribution in [0.15, 0.2) is 41.3 Å². The highest BCUT2D eigenvalue weighted by molar-refractivity contribution is 7.52. The summed E-state index contributed by atoms with van der Waals surface area (Å²) < 4.78 is 63.9. The van der Waals surface area contributed by atoms with Crippen molar-refractivity contribution in [1.82, 2.24) is 14.6 Å². The third kappa shape index (κ3) is 6.54. The van der Waals surface area contributed by atoms with Gasteiger partial charge in [0, 0.05) is 0 Å². The van der Waals surface area contributed by atoms with Crippen LogP contribution in [-0.4, -0.2) is 63.8 Å². The number of aliphatic hydroxyl groups excluding tert-OH is 1. The largest absolute Gasteiger partial charge is 0.462 e. The van der Waals surface area contributed by atoms with Crippen molar-refractivity contribution >= 4 is 19.5 Å². The highest BCUT2D eigenvalue weighted by Gasteiger charge is 2.56. The Morgan fingerprint density at radius 1 is 1.34 bits per heavy atom. The molecule has 1 fully saturated rings. The van der Waals surface area contributed by atoms with Crippen LogP contribution in [0.4, 0.5) is 14.6 Å². The van der Waals surface area contributed by atoms with Crippen molar-refractivity contribution in [2.75, 3.05) is 19.0 Å². The second kappa shape index (κ2) is 11.8. The van der Waals surface area contributed by atoms with E-state index in [1.165, 1.54) is 19.1 Å². The maximum atomic E-state index is 14.1. The fourth-order valence-electron chi connectivity index (χ4n) is 3.59. The number of nitrogens with one attached hydrogen (secondary N) is 1. The fraction of sp³-hybridized carbons (Fsp3) is 0.500. The molecule has 16 heteroatoms. The Hall–Kier alpha value is -2.94. The number of para-hydroxylation sites is 1. The molecular formula is C22H30F2N5O8P. The molecule has 1 aliphatic rings. The first-order valence-electron chi connectivity index (χ1n) is 11.5. The molecule has 1 unspecified atom stereocenters. The predicted molar refractivity (Wildman–Crippen MR) is 130 cm³/mol. The van der Waals surface area contributed by atoms with Crippen LogP contribution in [0.5, 0.6) is 5.75 Å². The summed E-state index contributed by atoms with van der Waals surface area (Å²) in [6.07, 6.45) is -4.85. The lowest BCUT2D eigenvalue weighted by molar-refractivity contribution is -0.149. The molecule has 38 heavy (non-hydrogen) atoms. The summed E-state index contributed by atoms with van der Waals surface area (Å²) in [6.45, 7) is 2.53. The van der Waals surface area contributed by atoms with E-state index in [2.05, 4.69) is 10.1 Å². The second-order valence-electron chi connectivity index (χ2n) is 8.92. The maximum Gasteiger partial charge on any atom is 0.459 e. The molecule has 0 aliphatic carbocycles. The summed E-state index contributed by atoms with van der Waals surface area (Å²) in [5.41, 5.74) is 7.97. The van der Waals surface area contributed by atoms with Gasteiger partial charge in [0.1, 0.15) is 36.2 Å². The molecule has 1 aliphatic heterocycles. The van der Waals surface area contributed by atoms with E-state index in [0.29, 0.717) is 10.8 Å². The average molecular weight is 561 g/mol. The Balaban J connectivity index is 1.84. The van der Waals surface area contributed by atoms with E-state index in [-0.39, 0.29) is 5.75 Å². The van der Waals surface area contributed by atoms with Crippen molar-refractivity contribution in [2.45, 2.75) is 56.9 Å². The monoisotopic (exact) mass is 561 g/mol. The molecular weight excluding hydrogens is 531 g/mol.